The third-order valence-electron chi connectivity index (χ3n) is 5.23. The number of methoxy groups -OCH3 is 2. The molecule has 176 valence electrons. The molecule has 0 aromatic heterocycles. The molecule has 0 fully saturated rings. The number of rotatable bonds is 11. The van der Waals surface area contributed by atoms with E-state index in [4.69, 9.17) is 14.2 Å². The molecule has 0 bridgehead atoms. The van der Waals surface area contributed by atoms with Gasteiger partial charge in [0, 0.05) is 24.9 Å². The van der Waals surface area contributed by atoms with E-state index in [9.17, 15) is 4.79 Å². The fraction of sp³-hybridized carbons (Fsp3) is 0.276. The predicted molar refractivity (Wildman–Crippen MR) is 134 cm³/mol. The molecule has 0 spiro atoms. The average Bonchev–Trinajstić information content (AvgIpc) is 2.89. The summed E-state index contributed by atoms with van der Waals surface area (Å²) in [7, 11) is 3.26. The molecule has 1 N–H and O–H groups in total. The number of amides is 1. The first kappa shape index (κ1) is 24.7. The fourth-order valence-corrected chi connectivity index (χ4v) is 3.30. The summed E-state index contributed by atoms with van der Waals surface area (Å²) >= 11 is 0. The van der Waals surface area contributed by atoms with Crippen molar-refractivity contribution in [3.05, 3.63) is 89.5 Å². The molecule has 1 amide bonds. The molecule has 5 heteroatoms. The first-order valence-electron chi connectivity index (χ1n) is 11.4. The van der Waals surface area contributed by atoms with Gasteiger partial charge in [-0.1, -0.05) is 48.2 Å². The molecule has 5 nitrogen and oxygen atoms in total. The molecule has 34 heavy (non-hydrogen) atoms. The minimum absolute atomic E-state index is 0.0338. The summed E-state index contributed by atoms with van der Waals surface area (Å²) in [6.07, 6.45) is 2.94. The van der Waals surface area contributed by atoms with Crippen molar-refractivity contribution in [2.75, 3.05) is 14.2 Å². The van der Waals surface area contributed by atoms with Crippen LogP contribution in [0.2, 0.25) is 0 Å². The molecule has 0 saturated carbocycles. The first-order valence-corrected chi connectivity index (χ1v) is 11.4. The van der Waals surface area contributed by atoms with Gasteiger partial charge in [0.25, 0.3) is 0 Å². The van der Waals surface area contributed by atoms with Crippen LogP contribution in [0.3, 0.4) is 0 Å². The van der Waals surface area contributed by atoms with Crippen LogP contribution in [0.25, 0.3) is 0 Å². The van der Waals surface area contributed by atoms with Crippen molar-refractivity contribution in [2.45, 2.75) is 38.8 Å². The van der Waals surface area contributed by atoms with Crippen molar-refractivity contribution in [1.82, 2.24) is 5.32 Å². The number of ether oxygens (including phenoxy) is 3. The topological polar surface area (TPSA) is 56.8 Å². The molecular formula is C29H31NO4. The SMILES string of the molecule is COc1ccc(C#CCCCCC(=O)NCc2ccc(OCc3ccccc3)c(OC)c2)cc1. The normalized spacial score (nSPS) is 10.1. The second kappa shape index (κ2) is 13.6. The molecule has 0 aliphatic heterocycles. The second-order valence-corrected chi connectivity index (χ2v) is 7.77. The highest BCUT2D eigenvalue weighted by atomic mass is 16.5. The predicted octanol–water partition coefficient (Wildman–Crippen LogP) is 5.51. The van der Waals surface area contributed by atoms with E-state index in [2.05, 4.69) is 17.2 Å². The third-order valence-corrected chi connectivity index (χ3v) is 5.23. The minimum Gasteiger partial charge on any atom is -0.497 e. The summed E-state index contributed by atoms with van der Waals surface area (Å²) < 4.78 is 16.5. The van der Waals surface area contributed by atoms with Crippen LogP contribution in [-0.4, -0.2) is 20.1 Å². The summed E-state index contributed by atoms with van der Waals surface area (Å²) in [6, 6.07) is 23.4. The largest absolute Gasteiger partial charge is 0.497 e. The highest BCUT2D eigenvalue weighted by Gasteiger charge is 2.08. The Hall–Kier alpha value is -3.91. The van der Waals surface area contributed by atoms with E-state index in [0.717, 1.165) is 41.7 Å². The molecule has 3 aromatic rings. The van der Waals surface area contributed by atoms with Crippen LogP contribution in [0.5, 0.6) is 17.2 Å². The van der Waals surface area contributed by atoms with Crippen molar-refractivity contribution in [1.29, 1.82) is 0 Å². The molecule has 0 unspecified atom stereocenters. The zero-order valence-corrected chi connectivity index (χ0v) is 19.8. The number of nitrogens with one attached hydrogen (secondary N) is 1. The lowest BCUT2D eigenvalue weighted by Crippen LogP contribution is -2.22. The lowest BCUT2D eigenvalue weighted by Gasteiger charge is -2.13. The lowest BCUT2D eigenvalue weighted by molar-refractivity contribution is -0.121. The van der Waals surface area contributed by atoms with E-state index in [-0.39, 0.29) is 5.91 Å². The Bertz CT molecular complexity index is 1100. The standard InChI is InChI=1S/C29H31NO4/c1-32-26-17-14-23(15-18-26)10-6-3-4-9-13-29(31)30-21-25-16-19-27(28(20-25)33-2)34-22-24-11-7-5-8-12-24/h5,7-8,11-12,14-20H,3-4,9,13,21-22H2,1-2H3,(H,30,31). The van der Waals surface area contributed by atoms with Gasteiger partial charge in [-0.25, -0.2) is 0 Å². The van der Waals surface area contributed by atoms with Crippen LogP contribution in [0.1, 0.15) is 42.4 Å². The van der Waals surface area contributed by atoms with E-state index < -0.39 is 0 Å². The second-order valence-electron chi connectivity index (χ2n) is 7.77. The lowest BCUT2D eigenvalue weighted by atomic mass is 10.1. The van der Waals surface area contributed by atoms with Gasteiger partial charge in [0.1, 0.15) is 12.4 Å². The molecule has 3 aromatic carbocycles. The summed E-state index contributed by atoms with van der Waals surface area (Å²) in [6.45, 7) is 0.920. The maximum Gasteiger partial charge on any atom is 0.220 e. The smallest absolute Gasteiger partial charge is 0.220 e. The van der Waals surface area contributed by atoms with Gasteiger partial charge in [0.05, 0.1) is 14.2 Å². The Morgan fingerprint density at radius 1 is 0.853 bits per heavy atom. The van der Waals surface area contributed by atoms with Gasteiger partial charge in [-0.15, -0.1) is 0 Å². The summed E-state index contributed by atoms with van der Waals surface area (Å²) in [5, 5.41) is 2.97. The summed E-state index contributed by atoms with van der Waals surface area (Å²) in [5.41, 5.74) is 3.01. The van der Waals surface area contributed by atoms with E-state index in [1.54, 1.807) is 14.2 Å². The van der Waals surface area contributed by atoms with Crippen LogP contribution >= 0.6 is 0 Å². The number of unbranched alkanes of at least 4 members (excludes halogenated alkanes) is 2. The summed E-state index contributed by atoms with van der Waals surface area (Å²) in [4.78, 5) is 12.2. The van der Waals surface area contributed by atoms with Crippen LogP contribution < -0.4 is 19.5 Å². The highest BCUT2D eigenvalue weighted by molar-refractivity contribution is 5.75. The molecule has 3 rings (SSSR count). The Labute approximate surface area is 202 Å². The van der Waals surface area contributed by atoms with Crippen LogP contribution in [0, 0.1) is 11.8 Å². The number of carbonyl (C=O) groups excluding carboxylic acids is 1. The number of benzene rings is 3. The molecule has 0 saturated heterocycles. The Kier molecular flexibility index (Phi) is 9.89. The van der Waals surface area contributed by atoms with Gasteiger partial charge in [-0.2, -0.15) is 0 Å². The zero-order chi connectivity index (χ0) is 24.0. The van der Waals surface area contributed by atoms with Gasteiger partial charge < -0.3 is 19.5 Å². The fourth-order valence-electron chi connectivity index (χ4n) is 3.30. The Morgan fingerprint density at radius 2 is 1.65 bits per heavy atom. The van der Waals surface area contributed by atoms with Crippen LogP contribution in [0.15, 0.2) is 72.8 Å². The van der Waals surface area contributed by atoms with Gasteiger partial charge in [0.15, 0.2) is 11.5 Å². The third kappa shape index (κ3) is 8.22. The molecule has 0 aliphatic rings. The van der Waals surface area contributed by atoms with Crippen LogP contribution in [0.4, 0.5) is 0 Å². The van der Waals surface area contributed by atoms with Gasteiger partial charge >= 0.3 is 0 Å². The summed E-state index contributed by atoms with van der Waals surface area (Å²) in [5.74, 6) is 8.48. The Balaban J connectivity index is 1.36. The molecule has 0 heterocycles. The molecule has 0 aliphatic carbocycles. The van der Waals surface area contributed by atoms with E-state index >= 15 is 0 Å². The van der Waals surface area contributed by atoms with Crippen molar-refractivity contribution < 1.29 is 19.0 Å². The van der Waals surface area contributed by atoms with E-state index in [1.807, 2.05) is 72.8 Å². The Morgan fingerprint density at radius 3 is 2.38 bits per heavy atom. The van der Waals surface area contributed by atoms with Crippen molar-refractivity contribution in [3.63, 3.8) is 0 Å². The minimum atomic E-state index is 0.0338. The quantitative estimate of drug-likeness (QED) is 0.305. The average molecular weight is 458 g/mol. The van der Waals surface area contributed by atoms with Gasteiger partial charge in [0.2, 0.25) is 5.91 Å². The number of hydrogen-bond acceptors (Lipinski definition) is 4. The van der Waals surface area contributed by atoms with E-state index in [0.29, 0.717) is 31.1 Å². The van der Waals surface area contributed by atoms with E-state index in [1.165, 1.54) is 0 Å². The molecular weight excluding hydrogens is 426 g/mol. The van der Waals surface area contributed by atoms with Crippen molar-refractivity contribution in [3.8, 4) is 29.1 Å². The number of hydrogen-bond donors (Lipinski definition) is 1. The van der Waals surface area contributed by atoms with Crippen molar-refractivity contribution >= 4 is 5.91 Å². The number of carbonyl (C=O) groups is 1. The zero-order valence-electron chi connectivity index (χ0n) is 19.8. The highest BCUT2D eigenvalue weighted by Crippen LogP contribution is 2.28. The van der Waals surface area contributed by atoms with Gasteiger partial charge in [-0.3, -0.25) is 4.79 Å². The monoisotopic (exact) mass is 457 g/mol. The maximum atomic E-state index is 12.2. The molecule has 0 atom stereocenters. The van der Waals surface area contributed by atoms with Crippen LogP contribution in [-0.2, 0) is 17.9 Å². The first-order chi connectivity index (χ1) is 16.7. The van der Waals surface area contributed by atoms with Gasteiger partial charge in [-0.05, 0) is 60.4 Å². The molecule has 0 radical (unpaired) electrons. The van der Waals surface area contributed by atoms with Crippen molar-refractivity contribution in [2.24, 2.45) is 0 Å². The maximum absolute atomic E-state index is 12.2.